The van der Waals surface area contributed by atoms with E-state index in [0.717, 1.165) is 43.8 Å². The lowest BCUT2D eigenvalue weighted by atomic mass is 9.75. The quantitative estimate of drug-likeness (QED) is 0.691. The Morgan fingerprint density at radius 3 is 2.26 bits per heavy atom. The highest BCUT2D eigenvalue weighted by Gasteiger charge is 2.41. The van der Waals surface area contributed by atoms with Gasteiger partial charge in [0.15, 0.2) is 0 Å². The highest BCUT2D eigenvalue weighted by molar-refractivity contribution is 6.30. The molecule has 0 bridgehead atoms. The molecular weight excluding hydrogens is 356 g/mol. The third-order valence-electron chi connectivity index (χ3n) is 6.04. The predicted octanol–water partition coefficient (Wildman–Crippen LogP) is 5.00. The van der Waals surface area contributed by atoms with Crippen LogP contribution in [-0.2, 0) is 10.3 Å². The summed E-state index contributed by atoms with van der Waals surface area (Å²) in [7, 11) is 0. The Balaban J connectivity index is 0.000000299. The number of nitrogens with zero attached hydrogens (tertiary/aromatic N) is 1. The molecule has 4 rings (SSSR count). The number of ether oxygens (including phenoxy) is 1. The second-order valence-electron chi connectivity index (χ2n) is 8.10. The Morgan fingerprint density at radius 1 is 1.11 bits per heavy atom. The summed E-state index contributed by atoms with van der Waals surface area (Å²) >= 11 is 6.10. The van der Waals surface area contributed by atoms with Crippen molar-refractivity contribution >= 4 is 11.6 Å². The molecule has 0 atom stereocenters. The molecular formula is C23H35ClN2O. The number of nitrogens with one attached hydrogen (secondary N) is 1. The molecule has 4 heteroatoms. The first-order valence-electron chi connectivity index (χ1n) is 10.6. The van der Waals surface area contributed by atoms with Crippen LogP contribution in [0.2, 0.25) is 5.02 Å². The van der Waals surface area contributed by atoms with E-state index in [-0.39, 0.29) is 5.54 Å². The van der Waals surface area contributed by atoms with Crippen molar-refractivity contribution < 1.29 is 4.74 Å². The van der Waals surface area contributed by atoms with Crippen LogP contribution in [0.1, 0.15) is 50.5 Å². The molecule has 1 N–H and O–H groups in total. The molecule has 0 unspecified atom stereocenters. The molecule has 0 radical (unpaired) electrons. The van der Waals surface area contributed by atoms with Crippen molar-refractivity contribution in [2.75, 3.05) is 39.4 Å². The van der Waals surface area contributed by atoms with Gasteiger partial charge in [0.25, 0.3) is 0 Å². The maximum Gasteiger partial charge on any atom is 0.0591 e. The maximum absolute atomic E-state index is 6.10. The van der Waals surface area contributed by atoms with E-state index in [1.165, 1.54) is 57.1 Å². The van der Waals surface area contributed by atoms with Crippen LogP contribution in [0, 0.1) is 5.92 Å². The standard InChI is InChI=1S/C19H26ClN.C4H9NO/c1-2-14-21(15-16-6-7-16)19(12-4-3-5-13-19)17-8-10-18(20)11-9-17;1-3-6-4-2-5-1/h2,8-11,16H,1,3-7,12-15H2;5H,1-4H2. The SMILES string of the molecule is C1COCCN1.C=CCN(CC1CC1)C1(c2ccc(Cl)cc2)CCCCC1. The van der Waals surface area contributed by atoms with Gasteiger partial charge >= 0.3 is 0 Å². The van der Waals surface area contributed by atoms with E-state index < -0.39 is 0 Å². The highest BCUT2D eigenvalue weighted by Crippen LogP contribution is 2.44. The van der Waals surface area contributed by atoms with Gasteiger partial charge in [-0.1, -0.05) is 49.1 Å². The van der Waals surface area contributed by atoms with Gasteiger partial charge in [-0.15, -0.1) is 6.58 Å². The number of rotatable bonds is 6. The molecule has 3 aliphatic rings. The fraction of sp³-hybridized carbons (Fsp3) is 0.652. The van der Waals surface area contributed by atoms with Crippen molar-refractivity contribution in [1.82, 2.24) is 10.2 Å². The van der Waals surface area contributed by atoms with Crippen molar-refractivity contribution in [1.29, 1.82) is 0 Å². The van der Waals surface area contributed by atoms with Crippen LogP contribution in [-0.4, -0.2) is 44.3 Å². The number of morpholine rings is 1. The third kappa shape index (κ3) is 6.05. The average Bonchev–Trinajstić information content (AvgIpc) is 3.55. The van der Waals surface area contributed by atoms with Gasteiger partial charge in [0.1, 0.15) is 0 Å². The summed E-state index contributed by atoms with van der Waals surface area (Å²) in [4.78, 5) is 2.71. The van der Waals surface area contributed by atoms with Crippen LogP contribution in [0.25, 0.3) is 0 Å². The summed E-state index contributed by atoms with van der Waals surface area (Å²) in [6.45, 7) is 10.1. The first-order valence-corrected chi connectivity index (χ1v) is 11.0. The molecule has 27 heavy (non-hydrogen) atoms. The monoisotopic (exact) mass is 390 g/mol. The molecule has 150 valence electrons. The van der Waals surface area contributed by atoms with Crippen molar-refractivity contribution in [3.8, 4) is 0 Å². The predicted molar refractivity (Wildman–Crippen MR) is 114 cm³/mol. The van der Waals surface area contributed by atoms with Crippen LogP contribution in [0.15, 0.2) is 36.9 Å². The van der Waals surface area contributed by atoms with Gasteiger partial charge in [0.05, 0.1) is 13.2 Å². The molecule has 1 aromatic carbocycles. The number of hydrogen-bond donors (Lipinski definition) is 1. The van der Waals surface area contributed by atoms with Gasteiger partial charge in [0, 0.05) is 36.7 Å². The summed E-state index contributed by atoms with van der Waals surface area (Å²) in [6.07, 6.45) is 11.5. The maximum atomic E-state index is 6.10. The van der Waals surface area contributed by atoms with E-state index in [1.807, 2.05) is 0 Å². The molecule has 1 aliphatic heterocycles. The van der Waals surface area contributed by atoms with Gasteiger partial charge < -0.3 is 10.1 Å². The molecule has 1 saturated heterocycles. The lowest BCUT2D eigenvalue weighted by Crippen LogP contribution is -2.48. The van der Waals surface area contributed by atoms with Crippen molar-refractivity contribution in [2.24, 2.45) is 5.92 Å². The van der Waals surface area contributed by atoms with Crippen molar-refractivity contribution in [2.45, 2.75) is 50.5 Å². The summed E-state index contributed by atoms with van der Waals surface area (Å²) in [5, 5.41) is 4.00. The second kappa shape index (κ2) is 10.6. The zero-order chi connectivity index (χ0) is 19.0. The van der Waals surface area contributed by atoms with Crippen molar-refractivity contribution in [3.63, 3.8) is 0 Å². The normalized spacial score (nSPS) is 22.0. The molecule has 1 heterocycles. The average molecular weight is 391 g/mol. The second-order valence-corrected chi connectivity index (χ2v) is 8.53. The number of benzene rings is 1. The molecule has 3 nitrogen and oxygen atoms in total. The summed E-state index contributed by atoms with van der Waals surface area (Å²) in [5.41, 5.74) is 1.66. The minimum absolute atomic E-state index is 0.208. The Kier molecular flexibility index (Phi) is 8.20. The Hall–Kier alpha value is -0.870. The molecule has 1 aromatic rings. The smallest absolute Gasteiger partial charge is 0.0591 e. The molecule has 2 aliphatic carbocycles. The Morgan fingerprint density at radius 2 is 1.78 bits per heavy atom. The van der Waals surface area contributed by atoms with Crippen LogP contribution < -0.4 is 5.32 Å². The lowest BCUT2D eigenvalue weighted by Gasteiger charge is -2.47. The van der Waals surface area contributed by atoms with Gasteiger partial charge in [0.2, 0.25) is 0 Å². The molecule has 2 saturated carbocycles. The van der Waals surface area contributed by atoms with E-state index >= 15 is 0 Å². The summed E-state index contributed by atoms with van der Waals surface area (Å²) in [6, 6.07) is 8.60. The first kappa shape index (κ1) is 20.9. The fourth-order valence-corrected chi connectivity index (χ4v) is 4.52. The lowest BCUT2D eigenvalue weighted by molar-refractivity contribution is 0.0533. The van der Waals surface area contributed by atoms with Crippen LogP contribution in [0.5, 0.6) is 0 Å². The summed E-state index contributed by atoms with van der Waals surface area (Å²) < 4.78 is 5.01. The van der Waals surface area contributed by atoms with E-state index in [2.05, 4.69) is 47.1 Å². The topological polar surface area (TPSA) is 24.5 Å². The highest BCUT2D eigenvalue weighted by atomic mass is 35.5. The number of hydrogen-bond acceptors (Lipinski definition) is 3. The van der Waals surface area contributed by atoms with Crippen LogP contribution in [0.4, 0.5) is 0 Å². The van der Waals surface area contributed by atoms with E-state index in [9.17, 15) is 0 Å². The Labute approximate surface area is 170 Å². The summed E-state index contributed by atoms with van der Waals surface area (Å²) in [5.74, 6) is 0.913. The van der Waals surface area contributed by atoms with Crippen LogP contribution in [0.3, 0.4) is 0 Å². The fourth-order valence-electron chi connectivity index (χ4n) is 4.39. The van der Waals surface area contributed by atoms with Gasteiger partial charge in [-0.05, 0) is 49.3 Å². The molecule has 0 spiro atoms. The largest absolute Gasteiger partial charge is 0.379 e. The molecule has 0 aromatic heterocycles. The minimum atomic E-state index is 0.208. The molecule has 0 amide bonds. The first-order chi connectivity index (χ1) is 13.2. The van der Waals surface area contributed by atoms with Gasteiger partial charge in [-0.2, -0.15) is 0 Å². The number of halogens is 1. The van der Waals surface area contributed by atoms with Crippen LogP contribution >= 0.6 is 11.6 Å². The van der Waals surface area contributed by atoms with E-state index in [4.69, 9.17) is 16.3 Å². The minimum Gasteiger partial charge on any atom is -0.379 e. The zero-order valence-corrected chi connectivity index (χ0v) is 17.4. The van der Waals surface area contributed by atoms with Crippen molar-refractivity contribution in [3.05, 3.63) is 47.5 Å². The Bertz CT molecular complexity index is 549. The van der Waals surface area contributed by atoms with Gasteiger partial charge in [-0.25, -0.2) is 0 Å². The van der Waals surface area contributed by atoms with E-state index in [0.29, 0.717) is 0 Å². The van der Waals surface area contributed by atoms with Gasteiger partial charge in [-0.3, -0.25) is 4.90 Å². The third-order valence-corrected chi connectivity index (χ3v) is 6.29. The molecule has 3 fully saturated rings. The zero-order valence-electron chi connectivity index (χ0n) is 16.6. The van der Waals surface area contributed by atoms with E-state index in [1.54, 1.807) is 0 Å².